The van der Waals surface area contributed by atoms with Crippen LogP contribution in [0, 0.1) is 19.3 Å². The van der Waals surface area contributed by atoms with E-state index in [9.17, 15) is 4.79 Å². The highest BCUT2D eigenvalue weighted by molar-refractivity contribution is 5.94. The molecule has 1 amide bonds. The monoisotopic (exact) mass is 345 g/mol. The summed E-state index contributed by atoms with van der Waals surface area (Å²) in [6.45, 7) is 2.75. The fourth-order valence-electron chi connectivity index (χ4n) is 2.48. The Morgan fingerprint density at radius 1 is 1.23 bits per heavy atom. The molecule has 26 heavy (non-hydrogen) atoms. The van der Waals surface area contributed by atoms with Crippen LogP contribution in [0.2, 0.25) is 0 Å². The Morgan fingerprint density at radius 3 is 2.77 bits per heavy atom. The van der Waals surface area contributed by atoms with Crippen LogP contribution in [0.4, 0.5) is 5.82 Å². The summed E-state index contributed by atoms with van der Waals surface area (Å²) in [5.41, 5.74) is 3.54. The topological polar surface area (TPSA) is 71.8 Å². The van der Waals surface area contributed by atoms with Crippen LogP contribution in [-0.2, 0) is 6.54 Å². The van der Waals surface area contributed by atoms with E-state index < -0.39 is 0 Å². The molecule has 0 aliphatic carbocycles. The average molecular weight is 345 g/mol. The SMILES string of the molecule is C#CCNC(=O)c1ccc(NCc2ccccc2-n2ccc(C)n2)nc1. The van der Waals surface area contributed by atoms with Crippen molar-refractivity contribution in [3.8, 4) is 18.0 Å². The molecule has 0 spiro atoms. The highest BCUT2D eigenvalue weighted by Gasteiger charge is 2.07. The summed E-state index contributed by atoms with van der Waals surface area (Å²) in [6, 6.07) is 13.5. The number of hydrogen-bond acceptors (Lipinski definition) is 4. The fourth-order valence-corrected chi connectivity index (χ4v) is 2.48. The molecular formula is C20H19N5O. The quantitative estimate of drug-likeness (QED) is 0.674. The molecule has 3 rings (SSSR count). The molecule has 0 aliphatic heterocycles. The predicted molar refractivity (Wildman–Crippen MR) is 101 cm³/mol. The number of para-hydroxylation sites is 1. The van der Waals surface area contributed by atoms with Crippen molar-refractivity contribution < 1.29 is 4.79 Å². The normalized spacial score (nSPS) is 10.2. The van der Waals surface area contributed by atoms with Gasteiger partial charge in [-0.3, -0.25) is 4.79 Å². The first-order valence-electron chi connectivity index (χ1n) is 8.19. The number of pyridine rings is 1. The molecule has 0 aliphatic rings. The first kappa shape index (κ1) is 17.2. The van der Waals surface area contributed by atoms with E-state index in [1.54, 1.807) is 12.1 Å². The maximum Gasteiger partial charge on any atom is 0.253 e. The van der Waals surface area contributed by atoms with Crippen molar-refractivity contribution >= 4 is 11.7 Å². The molecule has 0 fully saturated rings. The summed E-state index contributed by atoms with van der Waals surface area (Å²) in [7, 11) is 0. The zero-order valence-electron chi connectivity index (χ0n) is 14.4. The number of nitrogens with one attached hydrogen (secondary N) is 2. The van der Waals surface area contributed by atoms with Crippen LogP contribution in [0.15, 0.2) is 54.9 Å². The van der Waals surface area contributed by atoms with Gasteiger partial charge in [-0.05, 0) is 36.8 Å². The van der Waals surface area contributed by atoms with Crippen molar-refractivity contribution in [2.75, 3.05) is 11.9 Å². The zero-order valence-corrected chi connectivity index (χ0v) is 14.4. The third kappa shape index (κ3) is 4.08. The largest absolute Gasteiger partial charge is 0.366 e. The molecule has 2 aromatic heterocycles. The van der Waals surface area contributed by atoms with E-state index in [-0.39, 0.29) is 12.5 Å². The minimum Gasteiger partial charge on any atom is -0.366 e. The second-order valence-corrected chi connectivity index (χ2v) is 5.70. The van der Waals surface area contributed by atoms with Crippen LogP contribution in [0.3, 0.4) is 0 Å². The third-order valence-electron chi connectivity index (χ3n) is 3.80. The van der Waals surface area contributed by atoms with Gasteiger partial charge in [0.05, 0.1) is 23.5 Å². The number of anilines is 1. The lowest BCUT2D eigenvalue weighted by atomic mass is 10.1. The number of nitrogens with zero attached hydrogens (tertiary/aromatic N) is 3. The number of hydrogen-bond donors (Lipinski definition) is 2. The highest BCUT2D eigenvalue weighted by atomic mass is 16.1. The van der Waals surface area contributed by atoms with E-state index in [1.807, 2.05) is 48.1 Å². The Balaban J connectivity index is 1.68. The maximum atomic E-state index is 11.8. The van der Waals surface area contributed by atoms with Crippen LogP contribution < -0.4 is 10.6 Å². The summed E-state index contributed by atoms with van der Waals surface area (Å²) < 4.78 is 1.86. The van der Waals surface area contributed by atoms with Gasteiger partial charge in [0, 0.05) is 18.9 Å². The van der Waals surface area contributed by atoms with Crippen LogP contribution in [0.5, 0.6) is 0 Å². The number of terminal acetylenes is 1. The second kappa shape index (κ2) is 7.99. The van der Waals surface area contributed by atoms with Gasteiger partial charge < -0.3 is 10.6 Å². The van der Waals surface area contributed by atoms with Gasteiger partial charge in [0.1, 0.15) is 5.82 Å². The zero-order chi connectivity index (χ0) is 18.4. The van der Waals surface area contributed by atoms with Crippen molar-refractivity contribution in [1.82, 2.24) is 20.1 Å². The number of amides is 1. The van der Waals surface area contributed by atoms with Crippen molar-refractivity contribution in [2.24, 2.45) is 0 Å². The molecule has 0 saturated carbocycles. The smallest absolute Gasteiger partial charge is 0.253 e. The minimum atomic E-state index is -0.235. The first-order valence-corrected chi connectivity index (χ1v) is 8.19. The number of benzene rings is 1. The molecule has 1 aromatic carbocycles. The maximum absolute atomic E-state index is 11.8. The Kier molecular flexibility index (Phi) is 5.30. The van der Waals surface area contributed by atoms with Gasteiger partial charge >= 0.3 is 0 Å². The number of carbonyl (C=O) groups excluding carboxylic acids is 1. The number of aromatic nitrogens is 3. The molecule has 0 radical (unpaired) electrons. The lowest BCUT2D eigenvalue weighted by molar-refractivity contribution is 0.0958. The van der Waals surface area contributed by atoms with E-state index in [0.29, 0.717) is 17.9 Å². The van der Waals surface area contributed by atoms with E-state index in [2.05, 4.69) is 26.6 Å². The molecule has 2 N–H and O–H groups in total. The molecule has 130 valence electrons. The number of carbonyl (C=O) groups is 1. The van der Waals surface area contributed by atoms with Gasteiger partial charge in [-0.1, -0.05) is 24.1 Å². The molecule has 6 heteroatoms. The first-order chi connectivity index (χ1) is 12.7. The van der Waals surface area contributed by atoms with Crippen molar-refractivity contribution in [3.05, 3.63) is 71.7 Å². The molecule has 0 atom stereocenters. The second-order valence-electron chi connectivity index (χ2n) is 5.70. The van der Waals surface area contributed by atoms with Crippen LogP contribution in [-0.4, -0.2) is 27.2 Å². The molecule has 0 unspecified atom stereocenters. The molecular weight excluding hydrogens is 326 g/mol. The minimum absolute atomic E-state index is 0.197. The van der Waals surface area contributed by atoms with Crippen LogP contribution in [0.25, 0.3) is 5.69 Å². The van der Waals surface area contributed by atoms with Gasteiger partial charge in [0.15, 0.2) is 0 Å². The van der Waals surface area contributed by atoms with Crippen LogP contribution >= 0.6 is 0 Å². The molecule has 0 bridgehead atoms. The Labute approximate surface area is 152 Å². The van der Waals surface area contributed by atoms with E-state index >= 15 is 0 Å². The lowest BCUT2D eigenvalue weighted by Crippen LogP contribution is -2.23. The Hall–Kier alpha value is -3.59. The van der Waals surface area contributed by atoms with Crippen molar-refractivity contribution in [3.63, 3.8) is 0 Å². The summed E-state index contributed by atoms with van der Waals surface area (Å²) in [5.74, 6) is 2.82. The average Bonchev–Trinajstić information content (AvgIpc) is 3.11. The van der Waals surface area contributed by atoms with Crippen molar-refractivity contribution in [2.45, 2.75) is 13.5 Å². The van der Waals surface area contributed by atoms with Gasteiger partial charge in [-0.15, -0.1) is 6.42 Å². The summed E-state index contributed by atoms with van der Waals surface area (Å²) in [5, 5.41) is 10.3. The number of aryl methyl sites for hydroxylation is 1. The Morgan fingerprint density at radius 2 is 2.08 bits per heavy atom. The molecule has 3 aromatic rings. The lowest BCUT2D eigenvalue weighted by Gasteiger charge is -2.11. The van der Waals surface area contributed by atoms with Gasteiger partial charge in [0.25, 0.3) is 5.91 Å². The highest BCUT2D eigenvalue weighted by Crippen LogP contribution is 2.16. The predicted octanol–water partition coefficient (Wildman–Crippen LogP) is 2.55. The van der Waals surface area contributed by atoms with Crippen molar-refractivity contribution in [1.29, 1.82) is 0 Å². The summed E-state index contributed by atoms with van der Waals surface area (Å²) in [6.07, 6.45) is 8.60. The fraction of sp³-hybridized carbons (Fsp3) is 0.150. The van der Waals surface area contributed by atoms with Gasteiger partial charge in [-0.25, -0.2) is 9.67 Å². The molecule has 0 saturated heterocycles. The number of rotatable bonds is 6. The summed E-state index contributed by atoms with van der Waals surface area (Å²) in [4.78, 5) is 16.1. The van der Waals surface area contributed by atoms with Gasteiger partial charge in [0.2, 0.25) is 0 Å². The van der Waals surface area contributed by atoms with E-state index in [0.717, 1.165) is 16.9 Å². The van der Waals surface area contributed by atoms with E-state index in [1.165, 1.54) is 6.20 Å². The van der Waals surface area contributed by atoms with E-state index in [4.69, 9.17) is 6.42 Å². The standard InChI is InChI=1S/C20H19N5O/c1-3-11-21-20(26)17-8-9-19(23-14-17)22-13-16-6-4-5-7-18(16)25-12-10-15(2)24-25/h1,4-10,12,14H,11,13H2,2H3,(H,21,26)(H,22,23). The van der Waals surface area contributed by atoms with Gasteiger partial charge in [-0.2, -0.15) is 5.10 Å². The van der Waals surface area contributed by atoms with Crippen LogP contribution in [0.1, 0.15) is 21.6 Å². The third-order valence-corrected chi connectivity index (χ3v) is 3.80. The molecule has 6 nitrogen and oxygen atoms in total. The Bertz CT molecular complexity index is 937. The molecule has 2 heterocycles. The summed E-state index contributed by atoms with van der Waals surface area (Å²) >= 11 is 0.